The minimum absolute atomic E-state index is 0.168. The molecule has 0 N–H and O–H groups in total. The van der Waals surface area contributed by atoms with Gasteiger partial charge in [-0.3, -0.25) is 4.90 Å². The van der Waals surface area contributed by atoms with Crippen LogP contribution in [0.4, 0.5) is 0 Å². The molecule has 1 aromatic carbocycles. The zero-order valence-electron chi connectivity index (χ0n) is 14.3. The second-order valence-corrected chi connectivity index (χ2v) is 8.77. The summed E-state index contributed by atoms with van der Waals surface area (Å²) in [5.41, 5.74) is 1.53. The molecule has 5 rings (SSSR count). The lowest BCUT2D eigenvalue weighted by molar-refractivity contribution is 0.00126. The van der Waals surface area contributed by atoms with Crippen LogP contribution in [0.5, 0.6) is 0 Å². The highest BCUT2D eigenvalue weighted by Gasteiger charge is 2.62. The van der Waals surface area contributed by atoms with Crippen LogP contribution in [-0.4, -0.2) is 54.2 Å². The van der Waals surface area contributed by atoms with Gasteiger partial charge in [0.2, 0.25) is 0 Å². The third-order valence-corrected chi connectivity index (χ3v) is 7.09. The third kappa shape index (κ3) is 2.61. The molecular weight excluding hydrogens is 320 g/mol. The minimum atomic E-state index is 0.168. The molecule has 0 radical (unpaired) electrons. The largest absolute Gasteiger partial charge is 0.370 e. The number of nitrogens with zero attached hydrogens (tertiary/aromatic N) is 2. The molecule has 4 aliphatic rings. The molecule has 24 heavy (non-hydrogen) atoms. The maximum absolute atomic E-state index is 6.60. The Morgan fingerprint density at radius 3 is 2.71 bits per heavy atom. The van der Waals surface area contributed by atoms with Gasteiger partial charge in [-0.1, -0.05) is 23.7 Å². The van der Waals surface area contributed by atoms with Crippen LogP contribution in [0.25, 0.3) is 0 Å². The molecule has 4 fully saturated rings. The van der Waals surface area contributed by atoms with E-state index in [0.717, 1.165) is 29.9 Å². The molecule has 4 heteroatoms. The van der Waals surface area contributed by atoms with Gasteiger partial charge in [-0.25, -0.2) is 0 Å². The molecule has 4 heterocycles. The molecular formula is C20H27ClN2O. The van der Waals surface area contributed by atoms with Gasteiger partial charge in [-0.2, -0.15) is 0 Å². The fourth-order valence-corrected chi connectivity index (χ4v) is 5.89. The molecule has 0 aromatic heterocycles. The van der Waals surface area contributed by atoms with E-state index in [-0.39, 0.29) is 5.60 Å². The van der Waals surface area contributed by atoms with Crippen LogP contribution < -0.4 is 0 Å². The second-order valence-electron chi connectivity index (χ2n) is 8.33. The Labute approximate surface area is 149 Å². The standard InChI is InChI=1S/C20H27ClN2O/c21-16-5-3-15(4-6-16)11-23-13-18-17(12-22-9-1-2-10-22)19-7-8-20(18,14-23)24-19/h3-6,17-19H,1-2,7-14H2/t17-,18+,19+,20+/m0/s1. The third-order valence-electron chi connectivity index (χ3n) is 6.84. The van der Waals surface area contributed by atoms with Crippen molar-refractivity contribution in [2.45, 2.75) is 43.9 Å². The highest BCUT2D eigenvalue weighted by atomic mass is 35.5. The van der Waals surface area contributed by atoms with E-state index in [1.807, 2.05) is 12.1 Å². The molecule has 0 amide bonds. The van der Waals surface area contributed by atoms with Crippen molar-refractivity contribution in [3.63, 3.8) is 0 Å². The zero-order valence-corrected chi connectivity index (χ0v) is 15.0. The van der Waals surface area contributed by atoms with Crippen molar-refractivity contribution < 1.29 is 4.74 Å². The lowest BCUT2D eigenvalue weighted by atomic mass is 9.73. The van der Waals surface area contributed by atoms with Gasteiger partial charge in [-0.15, -0.1) is 0 Å². The summed E-state index contributed by atoms with van der Waals surface area (Å²) in [4.78, 5) is 5.30. The summed E-state index contributed by atoms with van der Waals surface area (Å²) in [6.45, 7) is 7.23. The van der Waals surface area contributed by atoms with Gasteiger partial charge in [0.05, 0.1) is 11.7 Å². The molecule has 0 unspecified atom stereocenters. The van der Waals surface area contributed by atoms with Crippen LogP contribution in [0.1, 0.15) is 31.2 Å². The molecule has 2 bridgehead atoms. The summed E-state index contributed by atoms with van der Waals surface area (Å²) < 4.78 is 6.60. The molecule has 0 aliphatic carbocycles. The number of ether oxygens (including phenoxy) is 1. The van der Waals surface area contributed by atoms with Crippen LogP contribution in [0.15, 0.2) is 24.3 Å². The predicted octanol–water partition coefficient (Wildman–Crippen LogP) is 3.42. The number of halogens is 1. The van der Waals surface area contributed by atoms with Gasteiger partial charge in [-0.05, 0) is 56.5 Å². The average molecular weight is 347 g/mol. The maximum atomic E-state index is 6.60. The van der Waals surface area contributed by atoms with Crippen LogP contribution >= 0.6 is 11.6 Å². The summed E-state index contributed by atoms with van der Waals surface area (Å²) in [5, 5.41) is 0.822. The summed E-state index contributed by atoms with van der Waals surface area (Å²) in [6.07, 6.45) is 5.86. The Bertz CT molecular complexity index is 600. The first-order valence-corrected chi connectivity index (χ1v) is 9.97. The van der Waals surface area contributed by atoms with Crippen molar-refractivity contribution in [3.05, 3.63) is 34.9 Å². The minimum Gasteiger partial charge on any atom is -0.370 e. The SMILES string of the molecule is Clc1ccc(CN2C[C@@H]3[C@H](CN4CCCC4)[C@H]4CC[C@]3(C2)O4)cc1. The average Bonchev–Trinajstić information content (AvgIpc) is 3.32. The number of rotatable bonds is 4. The van der Waals surface area contributed by atoms with Crippen LogP contribution in [0.2, 0.25) is 5.02 Å². The number of benzene rings is 1. The van der Waals surface area contributed by atoms with Crippen LogP contribution in [-0.2, 0) is 11.3 Å². The predicted molar refractivity (Wildman–Crippen MR) is 96.2 cm³/mol. The molecule has 1 aromatic rings. The first kappa shape index (κ1) is 15.6. The molecule has 0 saturated carbocycles. The van der Waals surface area contributed by atoms with Gasteiger partial charge in [0.1, 0.15) is 0 Å². The number of fused-ring (bicyclic) bond motifs is 1. The first-order chi connectivity index (χ1) is 11.7. The topological polar surface area (TPSA) is 15.7 Å². The normalized spacial score (nSPS) is 39.0. The van der Waals surface area contributed by atoms with E-state index in [9.17, 15) is 0 Å². The fourth-order valence-electron chi connectivity index (χ4n) is 5.76. The second kappa shape index (κ2) is 5.98. The van der Waals surface area contributed by atoms with Gasteiger partial charge >= 0.3 is 0 Å². The number of likely N-dealkylation sites (tertiary alicyclic amines) is 2. The number of hydrogen-bond acceptors (Lipinski definition) is 3. The van der Waals surface area contributed by atoms with Crippen molar-refractivity contribution in [1.29, 1.82) is 0 Å². The summed E-state index contributed by atoms with van der Waals surface area (Å²) in [5.74, 6) is 1.50. The van der Waals surface area contributed by atoms with Gasteiger partial charge < -0.3 is 9.64 Å². The monoisotopic (exact) mass is 346 g/mol. The molecule has 130 valence electrons. The lowest BCUT2D eigenvalue weighted by Gasteiger charge is -2.32. The highest BCUT2D eigenvalue weighted by molar-refractivity contribution is 6.30. The summed E-state index contributed by atoms with van der Waals surface area (Å²) in [7, 11) is 0. The fraction of sp³-hybridized carbons (Fsp3) is 0.700. The van der Waals surface area contributed by atoms with E-state index in [2.05, 4.69) is 21.9 Å². The van der Waals surface area contributed by atoms with Gasteiger partial charge in [0.15, 0.2) is 0 Å². The smallest absolute Gasteiger partial charge is 0.0858 e. The maximum Gasteiger partial charge on any atom is 0.0858 e. The molecule has 4 atom stereocenters. The molecule has 4 aliphatic heterocycles. The van der Waals surface area contributed by atoms with Crippen molar-refractivity contribution in [2.75, 3.05) is 32.7 Å². The Balaban J connectivity index is 1.29. The zero-order chi connectivity index (χ0) is 16.1. The first-order valence-electron chi connectivity index (χ1n) is 9.59. The Hall–Kier alpha value is -0.610. The van der Waals surface area contributed by atoms with E-state index in [4.69, 9.17) is 16.3 Å². The molecule has 3 nitrogen and oxygen atoms in total. The molecule has 4 saturated heterocycles. The summed E-state index contributed by atoms with van der Waals surface area (Å²) in [6, 6.07) is 8.33. The van der Waals surface area contributed by atoms with Gasteiger partial charge in [0.25, 0.3) is 0 Å². The highest BCUT2D eigenvalue weighted by Crippen LogP contribution is 2.55. The van der Waals surface area contributed by atoms with E-state index in [0.29, 0.717) is 6.10 Å². The Morgan fingerprint density at radius 1 is 1.12 bits per heavy atom. The lowest BCUT2D eigenvalue weighted by Crippen LogP contribution is -2.41. The van der Waals surface area contributed by atoms with E-state index in [1.165, 1.54) is 57.4 Å². The number of hydrogen-bond donors (Lipinski definition) is 0. The van der Waals surface area contributed by atoms with E-state index in [1.54, 1.807) is 0 Å². The van der Waals surface area contributed by atoms with Crippen molar-refractivity contribution in [1.82, 2.24) is 9.80 Å². The Kier molecular flexibility index (Phi) is 3.89. The quantitative estimate of drug-likeness (QED) is 0.830. The van der Waals surface area contributed by atoms with Crippen molar-refractivity contribution >= 4 is 11.6 Å². The summed E-state index contributed by atoms with van der Waals surface area (Å²) >= 11 is 6.02. The van der Waals surface area contributed by atoms with Crippen molar-refractivity contribution in [2.24, 2.45) is 11.8 Å². The van der Waals surface area contributed by atoms with E-state index < -0.39 is 0 Å². The van der Waals surface area contributed by atoms with Crippen LogP contribution in [0, 0.1) is 11.8 Å². The molecule has 1 spiro atoms. The Morgan fingerprint density at radius 2 is 1.92 bits per heavy atom. The van der Waals surface area contributed by atoms with E-state index >= 15 is 0 Å². The van der Waals surface area contributed by atoms with Crippen LogP contribution in [0.3, 0.4) is 0 Å². The van der Waals surface area contributed by atoms with Crippen molar-refractivity contribution in [3.8, 4) is 0 Å². The van der Waals surface area contributed by atoms with Gasteiger partial charge in [0, 0.05) is 43.0 Å².